The standard InChI is InChI=1S/C8H6N2O4/c1-14-7-4-2-3-6(10(12)13)8(7)9-5-11/h2-4H,1H3. The summed E-state index contributed by atoms with van der Waals surface area (Å²) in [6, 6.07) is 4.16. The third-order valence-corrected chi connectivity index (χ3v) is 1.55. The van der Waals surface area contributed by atoms with Gasteiger partial charge in [0.05, 0.1) is 12.0 Å². The molecule has 0 aliphatic carbocycles. The minimum Gasteiger partial charge on any atom is -0.494 e. The number of rotatable bonds is 3. The van der Waals surface area contributed by atoms with Crippen LogP contribution in [0, 0.1) is 10.1 Å². The van der Waals surface area contributed by atoms with Crippen molar-refractivity contribution in [3.8, 4) is 5.75 Å². The van der Waals surface area contributed by atoms with Gasteiger partial charge in [0.25, 0.3) is 5.69 Å². The van der Waals surface area contributed by atoms with Crippen molar-refractivity contribution in [1.29, 1.82) is 0 Å². The Labute approximate surface area is 79.0 Å². The average molecular weight is 194 g/mol. The molecule has 0 aromatic heterocycles. The van der Waals surface area contributed by atoms with Crippen molar-refractivity contribution in [3.63, 3.8) is 0 Å². The number of aliphatic imine (C=N–C) groups is 1. The lowest BCUT2D eigenvalue weighted by atomic mass is 10.2. The Morgan fingerprint density at radius 3 is 2.79 bits per heavy atom. The zero-order valence-electron chi connectivity index (χ0n) is 7.26. The molecule has 0 aliphatic heterocycles. The number of hydrogen-bond acceptors (Lipinski definition) is 5. The van der Waals surface area contributed by atoms with E-state index in [0.717, 1.165) is 0 Å². The smallest absolute Gasteiger partial charge is 0.299 e. The van der Waals surface area contributed by atoms with Gasteiger partial charge in [-0.1, -0.05) is 6.07 Å². The summed E-state index contributed by atoms with van der Waals surface area (Å²) in [6.45, 7) is 0. The first kappa shape index (κ1) is 9.88. The molecule has 1 rings (SSSR count). The van der Waals surface area contributed by atoms with Gasteiger partial charge in [-0.25, -0.2) is 4.79 Å². The number of para-hydroxylation sites is 1. The third-order valence-electron chi connectivity index (χ3n) is 1.55. The maximum Gasteiger partial charge on any atom is 0.299 e. The normalized spacial score (nSPS) is 8.93. The van der Waals surface area contributed by atoms with E-state index < -0.39 is 4.92 Å². The Morgan fingerprint density at radius 1 is 1.57 bits per heavy atom. The van der Waals surface area contributed by atoms with E-state index in [2.05, 4.69) is 4.99 Å². The molecule has 0 fully saturated rings. The predicted molar refractivity (Wildman–Crippen MR) is 47.4 cm³/mol. The highest BCUT2D eigenvalue weighted by Crippen LogP contribution is 2.35. The quantitative estimate of drug-likeness (QED) is 0.316. The van der Waals surface area contributed by atoms with Gasteiger partial charge in [0.2, 0.25) is 6.08 Å². The summed E-state index contributed by atoms with van der Waals surface area (Å²) in [7, 11) is 1.34. The zero-order chi connectivity index (χ0) is 10.6. The molecule has 0 heterocycles. The molecule has 72 valence electrons. The Bertz CT molecular complexity index is 410. The molecular weight excluding hydrogens is 188 g/mol. The fraction of sp³-hybridized carbons (Fsp3) is 0.125. The van der Waals surface area contributed by atoms with Crippen molar-refractivity contribution in [2.45, 2.75) is 0 Å². The largest absolute Gasteiger partial charge is 0.494 e. The van der Waals surface area contributed by atoms with E-state index in [4.69, 9.17) is 4.74 Å². The van der Waals surface area contributed by atoms with Crippen LogP contribution in [0.5, 0.6) is 5.75 Å². The summed E-state index contributed by atoms with van der Waals surface area (Å²) in [5.74, 6) is 0.169. The van der Waals surface area contributed by atoms with Crippen LogP contribution in [0.3, 0.4) is 0 Å². The molecule has 0 saturated heterocycles. The number of nitrogens with zero attached hydrogens (tertiary/aromatic N) is 2. The van der Waals surface area contributed by atoms with E-state index in [0.29, 0.717) is 0 Å². The summed E-state index contributed by atoms with van der Waals surface area (Å²) in [5, 5.41) is 10.5. The number of carbonyl (C=O) groups excluding carboxylic acids is 1. The number of nitro groups is 1. The molecule has 0 radical (unpaired) electrons. The van der Waals surface area contributed by atoms with Crippen LogP contribution in [0.2, 0.25) is 0 Å². The van der Waals surface area contributed by atoms with Crippen LogP contribution in [0.1, 0.15) is 0 Å². The van der Waals surface area contributed by atoms with Crippen LogP contribution in [-0.4, -0.2) is 18.1 Å². The van der Waals surface area contributed by atoms with Crippen LogP contribution in [0.4, 0.5) is 11.4 Å². The topological polar surface area (TPSA) is 81.8 Å². The molecule has 0 spiro atoms. The van der Waals surface area contributed by atoms with E-state index in [1.807, 2.05) is 0 Å². The van der Waals surface area contributed by atoms with Gasteiger partial charge in [-0.3, -0.25) is 10.1 Å². The molecule has 0 aliphatic rings. The van der Waals surface area contributed by atoms with Gasteiger partial charge < -0.3 is 4.74 Å². The fourth-order valence-corrected chi connectivity index (χ4v) is 0.981. The highest BCUT2D eigenvalue weighted by Gasteiger charge is 2.17. The second-order valence-electron chi connectivity index (χ2n) is 2.29. The summed E-state index contributed by atoms with van der Waals surface area (Å²) >= 11 is 0. The number of hydrogen-bond donors (Lipinski definition) is 0. The van der Waals surface area contributed by atoms with Gasteiger partial charge in [-0.15, -0.1) is 0 Å². The predicted octanol–water partition coefficient (Wildman–Crippen LogP) is 1.57. The number of methoxy groups -OCH3 is 1. The molecule has 1 aromatic carbocycles. The second-order valence-corrected chi connectivity index (χ2v) is 2.29. The van der Waals surface area contributed by atoms with E-state index in [1.54, 1.807) is 0 Å². The van der Waals surface area contributed by atoms with Crippen molar-refractivity contribution in [1.82, 2.24) is 0 Å². The van der Waals surface area contributed by atoms with E-state index in [1.165, 1.54) is 31.4 Å². The van der Waals surface area contributed by atoms with Crippen LogP contribution in [0.15, 0.2) is 23.2 Å². The molecule has 6 heteroatoms. The molecule has 14 heavy (non-hydrogen) atoms. The first-order valence-electron chi connectivity index (χ1n) is 3.60. The van der Waals surface area contributed by atoms with Crippen molar-refractivity contribution < 1.29 is 14.5 Å². The average Bonchev–Trinajstić information content (AvgIpc) is 2.18. The zero-order valence-corrected chi connectivity index (χ0v) is 7.26. The van der Waals surface area contributed by atoms with Crippen LogP contribution >= 0.6 is 0 Å². The lowest BCUT2D eigenvalue weighted by Crippen LogP contribution is -1.91. The van der Waals surface area contributed by atoms with Crippen LogP contribution in [0.25, 0.3) is 0 Å². The molecule has 0 atom stereocenters. The summed E-state index contributed by atoms with van der Waals surface area (Å²) in [6.07, 6.45) is 1.24. The number of nitro benzene ring substituents is 1. The highest BCUT2D eigenvalue weighted by molar-refractivity contribution is 5.69. The molecule has 0 bridgehead atoms. The molecule has 0 N–H and O–H groups in total. The Kier molecular flexibility index (Phi) is 2.93. The van der Waals surface area contributed by atoms with Gasteiger partial charge in [-0.2, -0.15) is 4.99 Å². The summed E-state index contributed by atoms with van der Waals surface area (Å²) in [4.78, 5) is 23.2. The summed E-state index contributed by atoms with van der Waals surface area (Å²) in [5.41, 5.74) is -0.400. The first-order chi connectivity index (χ1) is 6.70. The van der Waals surface area contributed by atoms with Crippen LogP contribution in [-0.2, 0) is 4.79 Å². The Morgan fingerprint density at radius 2 is 2.29 bits per heavy atom. The number of benzene rings is 1. The second kappa shape index (κ2) is 4.15. The van der Waals surface area contributed by atoms with Gasteiger partial charge in [0.1, 0.15) is 0 Å². The van der Waals surface area contributed by atoms with Gasteiger partial charge in [0.15, 0.2) is 11.4 Å². The van der Waals surface area contributed by atoms with Gasteiger partial charge >= 0.3 is 0 Å². The van der Waals surface area contributed by atoms with E-state index >= 15 is 0 Å². The molecule has 6 nitrogen and oxygen atoms in total. The molecule has 1 aromatic rings. The maximum atomic E-state index is 10.5. The monoisotopic (exact) mass is 194 g/mol. The summed E-state index contributed by atoms with van der Waals surface area (Å²) < 4.78 is 4.81. The van der Waals surface area contributed by atoms with Crippen molar-refractivity contribution in [3.05, 3.63) is 28.3 Å². The highest BCUT2D eigenvalue weighted by atomic mass is 16.6. The SMILES string of the molecule is COc1cccc([N+](=O)[O-])c1N=C=O. The lowest BCUT2D eigenvalue weighted by Gasteiger charge is -2.02. The number of ether oxygens (including phenoxy) is 1. The first-order valence-corrected chi connectivity index (χ1v) is 3.60. The van der Waals surface area contributed by atoms with Gasteiger partial charge in [0, 0.05) is 6.07 Å². The molecular formula is C8H6N2O4. The van der Waals surface area contributed by atoms with Crippen molar-refractivity contribution in [2.24, 2.45) is 4.99 Å². The Hall–Kier alpha value is -2.20. The van der Waals surface area contributed by atoms with E-state index in [9.17, 15) is 14.9 Å². The van der Waals surface area contributed by atoms with Crippen LogP contribution < -0.4 is 4.74 Å². The van der Waals surface area contributed by atoms with Gasteiger partial charge in [-0.05, 0) is 6.07 Å². The number of isocyanates is 1. The minimum atomic E-state index is -0.640. The third kappa shape index (κ3) is 1.75. The Balaban J connectivity index is 3.42. The fourth-order valence-electron chi connectivity index (χ4n) is 0.981. The maximum absolute atomic E-state index is 10.5. The molecule has 0 saturated carbocycles. The van der Waals surface area contributed by atoms with Crippen molar-refractivity contribution in [2.75, 3.05) is 7.11 Å². The van der Waals surface area contributed by atoms with Crippen molar-refractivity contribution >= 4 is 17.5 Å². The minimum absolute atomic E-state index is 0.116. The molecule has 0 amide bonds. The lowest BCUT2D eigenvalue weighted by molar-refractivity contribution is -0.384. The van der Waals surface area contributed by atoms with E-state index in [-0.39, 0.29) is 17.1 Å². The molecule has 0 unspecified atom stereocenters.